The maximum atomic E-state index is 12.2. The molecule has 0 saturated carbocycles. The van der Waals surface area contributed by atoms with Crippen molar-refractivity contribution in [3.05, 3.63) is 33.2 Å². The summed E-state index contributed by atoms with van der Waals surface area (Å²) >= 11 is 0. The van der Waals surface area contributed by atoms with E-state index in [1.54, 1.807) is 19.9 Å². The van der Waals surface area contributed by atoms with E-state index in [1.165, 1.54) is 4.90 Å². The molecule has 2 rings (SSSR count). The molecule has 1 fully saturated rings. The molecule has 0 radical (unpaired) electrons. The third-order valence-electron chi connectivity index (χ3n) is 3.13. The van der Waals surface area contributed by atoms with Crippen LogP contribution in [0.3, 0.4) is 0 Å². The summed E-state index contributed by atoms with van der Waals surface area (Å²) in [4.78, 5) is 27.8. The number of hydrogen-bond donors (Lipinski definition) is 3. The van der Waals surface area contributed by atoms with Crippen molar-refractivity contribution in [2.45, 2.75) is 26.1 Å². The SMILES string of the molecule is Cc1cc(C)c(C(=O)N2CC(O)C(O)C2)c(=O)[nH]1. The quantitative estimate of drug-likeness (QED) is 0.608. The lowest BCUT2D eigenvalue weighted by Gasteiger charge is -2.16. The summed E-state index contributed by atoms with van der Waals surface area (Å²) in [6.45, 7) is 3.53. The highest BCUT2D eigenvalue weighted by atomic mass is 16.3. The first-order chi connectivity index (χ1) is 8.40. The van der Waals surface area contributed by atoms with Gasteiger partial charge >= 0.3 is 0 Å². The standard InChI is InChI=1S/C12H16N2O4/c1-6-3-7(2)13-11(17)10(6)12(18)14-4-8(15)9(16)5-14/h3,8-9,15-16H,4-5H2,1-2H3,(H,13,17). The fraction of sp³-hybridized carbons (Fsp3) is 0.500. The Morgan fingerprint density at radius 3 is 2.39 bits per heavy atom. The van der Waals surface area contributed by atoms with Gasteiger partial charge in [0.2, 0.25) is 0 Å². The number of rotatable bonds is 1. The Morgan fingerprint density at radius 1 is 1.33 bits per heavy atom. The first-order valence-electron chi connectivity index (χ1n) is 5.76. The number of H-pyrrole nitrogens is 1. The molecule has 2 unspecified atom stereocenters. The van der Waals surface area contributed by atoms with Crippen LogP contribution < -0.4 is 5.56 Å². The van der Waals surface area contributed by atoms with Crippen molar-refractivity contribution in [2.75, 3.05) is 13.1 Å². The Kier molecular flexibility index (Phi) is 3.23. The van der Waals surface area contributed by atoms with Crippen molar-refractivity contribution in [1.29, 1.82) is 0 Å². The molecule has 1 aromatic heterocycles. The highest BCUT2D eigenvalue weighted by Crippen LogP contribution is 2.14. The Labute approximate surface area is 104 Å². The Balaban J connectivity index is 2.33. The van der Waals surface area contributed by atoms with Crippen LogP contribution in [-0.2, 0) is 0 Å². The number of pyridine rings is 1. The fourth-order valence-corrected chi connectivity index (χ4v) is 2.21. The second-order valence-corrected chi connectivity index (χ2v) is 4.68. The van der Waals surface area contributed by atoms with Crippen molar-refractivity contribution in [3.63, 3.8) is 0 Å². The lowest BCUT2D eigenvalue weighted by atomic mass is 10.1. The van der Waals surface area contributed by atoms with Gasteiger partial charge in [-0.15, -0.1) is 0 Å². The summed E-state index contributed by atoms with van der Waals surface area (Å²) in [6, 6.07) is 1.72. The molecule has 3 N–H and O–H groups in total. The van der Waals surface area contributed by atoms with Crippen LogP contribution >= 0.6 is 0 Å². The minimum absolute atomic E-state index is 0.0484. The molecule has 6 nitrogen and oxygen atoms in total. The van der Waals surface area contributed by atoms with Gasteiger partial charge in [0, 0.05) is 18.8 Å². The smallest absolute Gasteiger partial charge is 0.261 e. The van der Waals surface area contributed by atoms with Crippen molar-refractivity contribution in [1.82, 2.24) is 9.88 Å². The van der Waals surface area contributed by atoms with Crippen molar-refractivity contribution >= 4 is 5.91 Å². The topological polar surface area (TPSA) is 93.6 Å². The van der Waals surface area contributed by atoms with E-state index in [4.69, 9.17) is 0 Å². The average Bonchev–Trinajstić information content (AvgIpc) is 2.57. The number of carbonyl (C=O) groups excluding carboxylic acids is 1. The minimum Gasteiger partial charge on any atom is -0.388 e. The molecule has 1 aliphatic heterocycles. The summed E-state index contributed by atoms with van der Waals surface area (Å²) in [6.07, 6.45) is -1.89. The zero-order valence-corrected chi connectivity index (χ0v) is 10.3. The number of likely N-dealkylation sites (tertiary alicyclic amines) is 1. The number of aliphatic hydroxyl groups is 2. The molecule has 2 atom stereocenters. The van der Waals surface area contributed by atoms with Gasteiger partial charge < -0.3 is 20.1 Å². The van der Waals surface area contributed by atoms with Gasteiger partial charge in [0.25, 0.3) is 11.5 Å². The Hall–Kier alpha value is -1.66. The zero-order valence-electron chi connectivity index (χ0n) is 10.3. The van der Waals surface area contributed by atoms with E-state index in [-0.39, 0.29) is 18.7 Å². The number of nitrogens with one attached hydrogen (secondary N) is 1. The second kappa shape index (κ2) is 4.55. The number of aromatic amines is 1. The maximum Gasteiger partial charge on any atom is 0.261 e. The normalized spacial score (nSPS) is 23.4. The molecule has 18 heavy (non-hydrogen) atoms. The average molecular weight is 252 g/mol. The number of aryl methyl sites for hydroxylation is 2. The van der Waals surface area contributed by atoms with Gasteiger partial charge in [-0.3, -0.25) is 9.59 Å². The van der Waals surface area contributed by atoms with Gasteiger partial charge in [-0.2, -0.15) is 0 Å². The monoisotopic (exact) mass is 252 g/mol. The minimum atomic E-state index is -0.946. The predicted octanol–water partition coefficient (Wildman–Crippen LogP) is -0.831. The van der Waals surface area contributed by atoms with Crippen LogP contribution in [0.25, 0.3) is 0 Å². The Bertz CT molecular complexity index is 527. The third-order valence-corrected chi connectivity index (χ3v) is 3.13. The van der Waals surface area contributed by atoms with E-state index in [0.717, 1.165) is 0 Å². The molecular weight excluding hydrogens is 236 g/mol. The number of carbonyl (C=O) groups is 1. The van der Waals surface area contributed by atoms with Crippen LogP contribution in [0.4, 0.5) is 0 Å². The first kappa shape index (κ1) is 12.8. The number of nitrogens with zero attached hydrogens (tertiary/aromatic N) is 1. The van der Waals surface area contributed by atoms with Crippen LogP contribution in [0.15, 0.2) is 10.9 Å². The van der Waals surface area contributed by atoms with E-state index in [1.807, 2.05) is 0 Å². The molecule has 2 heterocycles. The van der Waals surface area contributed by atoms with Gasteiger partial charge in [-0.05, 0) is 25.5 Å². The molecule has 1 amide bonds. The summed E-state index contributed by atoms with van der Waals surface area (Å²) in [5, 5.41) is 18.8. The van der Waals surface area contributed by atoms with Gasteiger partial charge in [-0.1, -0.05) is 0 Å². The molecular formula is C12H16N2O4. The summed E-state index contributed by atoms with van der Waals surface area (Å²) in [7, 11) is 0. The highest BCUT2D eigenvalue weighted by Gasteiger charge is 2.34. The molecule has 0 aliphatic carbocycles. The van der Waals surface area contributed by atoms with Crippen LogP contribution in [0.2, 0.25) is 0 Å². The molecule has 1 aliphatic rings. The molecule has 0 bridgehead atoms. The summed E-state index contributed by atoms with van der Waals surface area (Å²) < 4.78 is 0. The van der Waals surface area contributed by atoms with Crippen LogP contribution in [-0.4, -0.2) is 51.3 Å². The largest absolute Gasteiger partial charge is 0.388 e. The highest BCUT2D eigenvalue weighted by molar-refractivity contribution is 5.95. The lowest BCUT2D eigenvalue weighted by Crippen LogP contribution is -2.35. The lowest BCUT2D eigenvalue weighted by molar-refractivity contribution is 0.0572. The fourth-order valence-electron chi connectivity index (χ4n) is 2.21. The van der Waals surface area contributed by atoms with Crippen LogP contribution in [0.5, 0.6) is 0 Å². The first-order valence-corrected chi connectivity index (χ1v) is 5.76. The van der Waals surface area contributed by atoms with Crippen molar-refractivity contribution < 1.29 is 15.0 Å². The van der Waals surface area contributed by atoms with Crippen molar-refractivity contribution in [2.24, 2.45) is 0 Å². The number of amides is 1. The predicted molar refractivity (Wildman–Crippen MR) is 64.5 cm³/mol. The van der Waals surface area contributed by atoms with Crippen LogP contribution in [0.1, 0.15) is 21.6 Å². The third kappa shape index (κ3) is 2.16. The van der Waals surface area contributed by atoms with Gasteiger partial charge in [0.15, 0.2) is 0 Å². The van der Waals surface area contributed by atoms with Crippen molar-refractivity contribution in [3.8, 4) is 0 Å². The molecule has 0 aromatic carbocycles. The van der Waals surface area contributed by atoms with Crippen LogP contribution in [0, 0.1) is 13.8 Å². The van der Waals surface area contributed by atoms with Gasteiger partial charge in [0.05, 0.1) is 12.2 Å². The summed E-state index contributed by atoms with van der Waals surface area (Å²) in [5.74, 6) is -0.454. The number of β-amino-alcohol motifs (C(OH)–C–C–N with tert-alkyl or cyclic N) is 2. The zero-order chi connectivity index (χ0) is 13.4. The molecule has 0 spiro atoms. The van der Waals surface area contributed by atoms with Gasteiger partial charge in [0.1, 0.15) is 5.56 Å². The van der Waals surface area contributed by atoms with E-state index >= 15 is 0 Å². The van der Waals surface area contributed by atoms with E-state index in [0.29, 0.717) is 11.3 Å². The number of hydrogen-bond acceptors (Lipinski definition) is 4. The maximum absolute atomic E-state index is 12.2. The number of aliphatic hydroxyl groups excluding tert-OH is 2. The second-order valence-electron chi connectivity index (χ2n) is 4.68. The summed E-state index contributed by atoms with van der Waals surface area (Å²) in [5.41, 5.74) is 0.919. The molecule has 1 saturated heterocycles. The Morgan fingerprint density at radius 2 is 1.89 bits per heavy atom. The molecule has 1 aromatic rings. The number of aromatic nitrogens is 1. The van der Waals surface area contributed by atoms with Gasteiger partial charge in [-0.25, -0.2) is 0 Å². The molecule has 98 valence electrons. The van der Waals surface area contributed by atoms with E-state index < -0.39 is 23.7 Å². The van der Waals surface area contributed by atoms with E-state index in [2.05, 4.69) is 4.98 Å². The molecule has 6 heteroatoms. The van der Waals surface area contributed by atoms with E-state index in [9.17, 15) is 19.8 Å².